The van der Waals surface area contributed by atoms with Gasteiger partial charge in [-0.05, 0) is 0 Å². The minimum Gasteiger partial charge on any atom is -0.374 e. The third-order valence-corrected chi connectivity index (χ3v) is 0.901. The molecule has 0 aromatic rings. The molecule has 0 amide bonds. The summed E-state index contributed by atoms with van der Waals surface area (Å²) < 4.78 is 4.92. The molecule has 1 fully saturated rings. The summed E-state index contributed by atoms with van der Waals surface area (Å²) in [6, 6.07) is 0. The molecular formula is C4H8BO. The van der Waals surface area contributed by atoms with Gasteiger partial charge in [0.2, 0.25) is 0 Å². The zero-order chi connectivity index (χ0) is 4.41. The van der Waals surface area contributed by atoms with Crippen molar-refractivity contribution in [1.29, 1.82) is 0 Å². The molecule has 1 nitrogen and oxygen atoms in total. The number of rotatable bonds is 2. The lowest BCUT2D eigenvalue weighted by Crippen LogP contribution is -1.86. The van der Waals surface area contributed by atoms with Crippen LogP contribution in [0.15, 0.2) is 0 Å². The van der Waals surface area contributed by atoms with Gasteiger partial charge in [-0.1, -0.05) is 13.1 Å². The van der Waals surface area contributed by atoms with E-state index >= 15 is 0 Å². The summed E-state index contributed by atoms with van der Waals surface area (Å²) in [6.45, 7) is 3.05. The molecule has 0 spiro atoms. The van der Waals surface area contributed by atoms with E-state index in [-0.39, 0.29) is 0 Å². The lowest BCUT2D eigenvalue weighted by atomic mass is 9.77. The lowest BCUT2D eigenvalue weighted by Gasteiger charge is -1.77. The summed E-state index contributed by atoms with van der Waals surface area (Å²) >= 11 is 0. The monoisotopic (exact) mass is 83.1 g/mol. The van der Waals surface area contributed by atoms with Crippen LogP contribution in [0.4, 0.5) is 0 Å². The van der Waals surface area contributed by atoms with Gasteiger partial charge in [-0.15, -0.1) is 0 Å². The summed E-state index contributed by atoms with van der Waals surface area (Å²) in [5.74, 6) is 0. The molecule has 1 saturated heterocycles. The molecule has 0 aromatic carbocycles. The molecule has 0 N–H and O–H groups in total. The second kappa shape index (κ2) is 1.65. The highest BCUT2D eigenvalue weighted by Crippen LogP contribution is 2.12. The molecule has 0 saturated carbocycles. The van der Waals surface area contributed by atoms with Crippen molar-refractivity contribution < 1.29 is 4.74 Å². The number of epoxide rings is 1. The summed E-state index contributed by atoms with van der Waals surface area (Å²) in [4.78, 5) is 0. The van der Waals surface area contributed by atoms with Crippen molar-refractivity contribution in [3.8, 4) is 0 Å². The molecule has 1 unspecified atom stereocenters. The average Bonchev–Trinajstić information content (AvgIpc) is 2.21. The first kappa shape index (κ1) is 4.19. The summed E-state index contributed by atoms with van der Waals surface area (Å²) in [7, 11) is 2.14. The number of ether oxygens (including phenoxy) is 1. The third-order valence-electron chi connectivity index (χ3n) is 0.901. The maximum Gasteiger partial charge on any atom is 0.109 e. The van der Waals surface area contributed by atoms with E-state index < -0.39 is 0 Å². The Morgan fingerprint density at radius 3 is 2.83 bits per heavy atom. The van der Waals surface area contributed by atoms with E-state index in [0.29, 0.717) is 6.10 Å². The molecule has 0 aliphatic carbocycles. The SMILES string of the molecule is C[B]CC1CO1. The van der Waals surface area contributed by atoms with E-state index in [1.165, 1.54) is 0 Å². The topological polar surface area (TPSA) is 12.5 Å². The van der Waals surface area contributed by atoms with Crippen molar-refractivity contribution in [1.82, 2.24) is 0 Å². The standard InChI is InChI=1S/C4H8BO/c1-5-2-4-3-6-4/h4H,2-3H2,1H3. The minimum absolute atomic E-state index is 0.593. The fourth-order valence-electron chi connectivity index (χ4n) is 0.467. The van der Waals surface area contributed by atoms with Crippen LogP contribution in [0.3, 0.4) is 0 Å². The highest BCUT2D eigenvalue weighted by atomic mass is 16.6. The molecule has 2 heteroatoms. The fraction of sp³-hybridized carbons (Fsp3) is 1.00. The predicted molar refractivity (Wildman–Crippen MR) is 26.2 cm³/mol. The Balaban J connectivity index is 1.88. The molecule has 1 heterocycles. The molecule has 33 valence electrons. The van der Waals surface area contributed by atoms with Gasteiger partial charge in [-0.3, -0.25) is 0 Å². The van der Waals surface area contributed by atoms with Gasteiger partial charge < -0.3 is 4.74 Å². The van der Waals surface area contributed by atoms with Crippen molar-refractivity contribution >= 4 is 7.28 Å². The molecule has 1 atom stereocenters. The van der Waals surface area contributed by atoms with Crippen molar-refractivity contribution in [2.45, 2.75) is 19.2 Å². The van der Waals surface area contributed by atoms with E-state index in [1.54, 1.807) is 0 Å². The van der Waals surface area contributed by atoms with Crippen molar-refractivity contribution in [2.75, 3.05) is 6.61 Å². The normalized spacial score (nSPS) is 29.8. The van der Waals surface area contributed by atoms with Crippen LogP contribution in [0.5, 0.6) is 0 Å². The number of hydrogen-bond donors (Lipinski definition) is 0. The summed E-state index contributed by atoms with van der Waals surface area (Å²) in [5, 5.41) is 0. The molecule has 1 radical (unpaired) electrons. The van der Waals surface area contributed by atoms with Crippen molar-refractivity contribution in [3.63, 3.8) is 0 Å². The first-order valence-electron chi connectivity index (χ1n) is 2.33. The van der Waals surface area contributed by atoms with Crippen LogP contribution in [-0.4, -0.2) is 20.0 Å². The van der Waals surface area contributed by atoms with Gasteiger partial charge in [0.25, 0.3) is 0 Å². The minimum atomic E-state index is 0.593. The van der Waals surface area contributed by atoms with Crippen LogP contribution in [0.25, 0.3) is 0 Å². The zero-order valence-corrected chi connectivity index (χ0v) is 3.98. The first-order chi connectivity index (χ1) is 2.93. The molecule has 1 rings (SSSR count). The van der Waals surface area contributed by atoms with Gasteiger partial charge in [0, 0.05) is 0 Å². The van der Waals surface area contributed by atoms with Crippen LogP contribution in [-0.2, 0) is 4.74 Å². The van der Waals surface area contributed by atoms with Gasteiger partial charge in [0.05, 0.1) is 12.7 Å². The molecule has 0 bridgehead atoms. The van der Waals surface area contributed by atoms with Gasteiger partial charge in [0.1, 0.15) is 7.28 Å². The Morgan fingerprint density at radius 2 is 2.67 bits per heavy atom. The highest BCUT2D eigenvalue weighted by Gasteiger charge is 2.19. The van der Waals surface area contributed by atoms with Gasteiger partial charge in [0.15, 0.2) is 0 Å². The molecule has 1 aliphatic rings. The van der Waals surface area contributed by atoms with Crippen molar-refractivity contribution in [2.24, 2.45) is 0 Å². The second-order valence-corrected chi connectivity index (χ2v) is 1.60. The van der Waals surface area contributed by atoms with Gasteiger partial charge in [-0.25, -0.2) is 0 Å². The Morgan fingerprint density at radius 1 is 2.00 bits per heavy atom. The second-order valence-electron chi connectivity index (χ2n) is 1.60. The number of hydrogen-bond acceptors (Lipinski definition) is 1. The molecule has 6 heavy (non-hydrogen) atoms. The molecular weight excluding hydrogens is 74.9 g/mol. The van der Waals surface area contributed by atoms with Crippen LogP contribution >= 0.6 is 0 Å². The van der Waals surface area contributed by atoms with Crippen LogP contribution in [0.1, 0.15) is 0 Å². The fourth-order valence-corrected chi connectivity index (χ4v) is 0.467. The highest BCUT2D eigenvalue weighted by molar-refractivity contribution is 6.33. The predicted octanol–water partition coefficient (Wildman–Crippen LogP) is 0.556. The largest absolute Gasteiger partial charge is 0.374 e. The Kier molecular flexibility index (Phi) is 1.15. The lowest BCUT2D eigenvalue weighted by molar-refractivity contribution is 0.423. The van der Waals surface area contributed by atoms with Crippen LogP contribution < -0.4 is 0 Å². The zero-order valence-electron chi connectivity index (χ0n) is 3.98. The van der Waals surface area contributed by atoms with Gasteiger partial charge >= 0.3 is 0 Å². The quantitative estimate of drug-likeness (QED) is 0.351. The summed E-state index contributed by atoms with van der Waals surface area (Å²) in [5.41, 5.74) is 0. The molecule has 1 aliphatic heterocycles. The summed E-state index contributed by atoms with van der Waals surface area (Å²) in [6.07, 6.45) is 1.73. The first-order valence-corrected chi connectivity index (χ1v) is 2.33. The van der Waals surface area contributed by atoms with E-state index in [9.17, 15) is 0 Å². The van der Waals surface area contributed by atoms with E-state index in [1.807, 2.05) is 0 Å². The van der Waals surface area contributed by atoms with E-state index in [2.05, 4.69) is 14.1 Å². The van der Waals surface area contributed by atoms with Crippen LogP contribution in [0, 0.1) is 0 Å². The van der Waals surface area contributed by atoms with Crippen LogP contribution in [0.2, 0.25) is 13.1 Å². The van der Waals surface area contributed by atoms with Crippen molar-refractivity contribution in [3.05, 3.63) is 0 Å². The smallest absolute Gasteiger partial charge is 0.109 e. The maximum atomic E-state index is 4.92. The maximum absolute atomic E-state index is 4.92. The Bertz CT molecular complexity index is 42.8. The average molecular weight is 82.9 g/mol. The van der Waals surface area contributed by atoms with E-state index in [0.717, 1.165) is 12.9 Å². The molecule has 0 aromatic heterocycles. The van der Waals surface area contributed by atoms with E-state index in [4.69, 9.17) is 4.74 Å². The van der Waals surface area contributed by atoms with Gasteiger partial charge in [-0.2, -0.15) is 0 Å². The Hall–Kier alpha value is 0.0249. The Labute approximate surface area is 38.9 Å². The third kappa shape index (κ3) is 1.01.